The molecule has 3 aromatic heterocycles. The number of hydrogen-bond acceptors (Lipinski definition) is 7. The van der Waals surface area contributed by atoms with Gasteiger partial charge in [-0.3, -0.25) is 18.9 Å². The Bertz CT molecular complexity index is 2890. The molecule has 3 aliphatic carbocycles. The zero-order valence-electron chi connectivity index (χ0n) is 33.5. The summed E-state index contributed by atoms with van der Waals surface area (Å²) in [5.74, 6) is -3.77. The summed E-state index contributed by atoms with van der Waals surface area (Å²) in [4.78, 5) is 18.8. The largest absolute Gasteiger partial charge is 0.346 e. The molecule has 0 spiro atoms. The van der Waals surface area contributed by atoms with Gasteiger partial charge in [-0.05, 0) is 87.3 Å². The summed E-state index contributed by atoms with van der Waals surface area (Å²) in [6, 6.07) is 6.49. The molecule has 2 aromatic carbocycles. The van der Waals surface area contributed by atoms with Gasteiger partial charge in [-0.1, -0.05) is 23.6 Å². The number of carbonyl (C=O) groups is 1. The third-order valence-corrected chi connectivity index (χ3v) is 14.2. The number of amides is 1. The molecule has 12 nitrogen and oxygen atoms in total. The van der Waals surface area contributed by atoms with Crippen LogP contribution in [0.15, 0.2) is 42.5 Å². The first kappa shape index (κ1) is 45.5. The molecule has 3 heterocycles. The fraction of sp³-hybridized carbons (Fsp3) is 0.415. The van der Waals surface area contributed by atoms with Crippen molar-refractivity contribution in [2.75, 3.05) is 10.5 Å². The number of halogens is 9. The Kier molecular flexibility index (Phi) is 11.9. The van der Waals surface area contributed by atoms with Crippen LogP contribution < -0.4 is 10.0 Å². The highest BCUT2D eigenvalue weighted by Gasteiger charge is 2.67. The van der Waals surface area contributed by atoms with Crippen LogP contribution >= 0.6 is 11.6 Å². The minimum atomic E-state index is -4.03. The van der Waals surface area contributed by atoms with Crippen LogP contribution in [0, 0.1) is 34.8 Å². The summed E-state index contributed by atoms with van der Waals surface area (Å²) in [5, 5.41) is 9.58. The Labute approximate surface area is 367 Å². The molecule has 4 atom stereocenters. The Morgan fingerprint density at radius 3 is 2.36 bits per heavy atom. The van der Waals surface area contributed by atoms with Gasteiger partial charge in [0.1, 0.15) is 41.8 Å². The van der Waals surface area contributed by atoms with Crippen molar-refractivity contribution in [1.29, 1.82) is 0 Å². The molecule has 2 fully saturated rings. The molecule has 0 saturated heterocycles. The van der Waals surface area contributed by atoms with Crippen molar-refractivity contribution in [2.24, 2.45) is 11.3 Å². The minimum Gasteiger partial charge on any atom is -0.346 e. The molecule has 3 N–H and O–H groups in total. The van der Waals surface area contributed by atoms with Crippen LogP contribution in [-0.2, 0) is 51.3 Å². The summed E-state index contributed by atoms with van der Waals surface area (Å²) >= 11 is 4.38. The van der Waals surface area contributed by atoms with E-state index < -0.39 is 117 Å². The standard InChI is InChI=1S/C41H36ClF8N7O5S2/c1-40(2,18-63(59)60)10-9-22-3-6-24(25-7-8-28(42)33-36(25)56(16-30(45)46)54-39(33)55-64(61,62)23-4-5-23)34(51-22)29(13-19-11-20(43)14-21(44)12-19)52-31(58)17-57-37-32(35(53-57)38(47)48)26-15-27(26)41(37,49)50/h3,6-8,11-12,14,23,26-27,29-30,38H,4-5,13,15-18H2,1-2H3,(H,52,58)(H,54,55)(H,59,60)/t26-,27+,29-/m0/s1. The van der Waals surface area contributed by atoms with E-state index in [0.717, 1.165) is 16.8 Å². The van der Waals surface area contributed by atoms with E-state index in [2.05, 4.69) is 32.1 Å². The van der Waals surface area contributed by atoms with Gasteiger partial charge in [-0.15, -0.1) is 0 Å². The molecule has 1 amide bonds. The van der Waals surface area contributed by atoms with Crippen LogP contribution in [0.2, 0.25) is 5.02 Å². The summed E-state index contributed by atoms with van der Waals surface area (Å²) in [5.41, 5.74) is -3.40. The van der Waals surface area contributed by atoms with Gasteiger partial charge in [0.15, 0.2) is 16.9 Å². The first-order valence-electron chi connectivity index (χ1n) is 19.6. The Morgan fingerprint density at radius 1 is 1.03 bits per heavy atom. The second kappa shape index (κ2) is 16.7. The maximum atomic E-state index is 15.5. The number of alkyl halides is 6. The number of benzene rings is 2. The van der Waals surface area contributed by atoms with Gasteiger partial charge in [0.05, 0.1) is 38.7 Å². The van der Waals surface area contributed by atoms with E-state index in [1.165, 1.54) is 24.3 Å². The van der Waals surface area contributed by atoms with Crippen LogP contribution in [0.1, 0.15) is 85.4 Å². The van der Waals surface area contributed by atoms with E-state index in [-0.39, 0.29) is 67.6 Å². The number of hydrogen-bond donors (Lipinski definition) is 3. The highest BCUT2D eigenvalue weighted by Crippen LogP contribution is 2.68. The van der Waals surface area contributed by atoms with Gasteiger partial charge >= 0.3 is 0 Å². The van der Waals surface area contributed by atoms with Gasteiger partial charge in [0.2, 0.25) is 15.9 Å². The number of anilines is 1. The smallest absolute Gasteiger partial charge is 0.293 e. The molecular formula is C41H36ClF8N7O5S2. The average molecular weight is 958 g/mol. The van der Waals surface area contributed by atoms with Crippen molar-refractivity contribution in [3.05, 3.63) is 93.0 Å². The van der Waals surface area contributed by atoms with E-state index in [4.69, 9.17) is 16.6 Å². The van der Waals surface area contributed by atoms with Gasteiger partial charge in [0.25, 0.3) is 18.8 Å². The van der Waals surface area contributed by atoms with Crippen molar-refractivity contribution in [2.45, 2.75) is 88.6 Å². The van der Waals surface area contributed by atoms with Crippen molar-refractivity contribution < 1.29 is 57.1 Å². The average Bonchev–Trinajstić information content (AvgIpc) is 4.10. The Balaban J connectivity index is 1.30. The number of nitrogens with zero attached hydrogens (tertiary/aromatic N) is 5. The number of rotatable bonds is 15. The Hall–Kier alpha value is -5.11. The second-order valence-electron chi connectivity index (χ2n) is 16.6. The molecule has 1 unspecified atom stereocenters. The van der Waals surface area contributed by atoms with E-state index in [9.17, 15) is 48.3 Å². The molecule has 8 rings (SSSR count). The number of aromatic nitrogens is 5. The zero-order chi connectivity index (χ0) is 46.2. The number of sulfonamides is 1. The number of pyridine rings is 1. The van der Waals surface area contributed by atoms with Crippen LogP contribution in [0.3, 0.4) is 0 Å². The molecule has 3 aliphatic rings. The molecule has 0 radical (unpaired) electrons. The molecular weight excluding hydrogens is 922 g/mol. The van der Waals surface area contributed by atoms with Crippen molar-refractivity contribution in [3.63, 3.8) is 0 Å². The summed E-state index contributed by atoms with van der Waals surface area (Å²) in [6.07, 6.45) is -6.07. The first-order chi connectivity index (χ1) is 30.0. The SMILES string of the molecule is CC(C)(C#Cc1ccc(-c2ccc(Cl)c3c(NS(=O)(=O)C4CC4)nn(CC(F)F)c23)c([C@H](Cc2cc(F)cc(F)c2)NC(=O)Cn2nc(C(F)F)c3c2C(F)(F)[C@@H]2C[C@H]32)n1)CS(=O)O. The summed E-state index contributed by atoms with van der Waals surface area (Å²) < 4.78 is 168. The van der Waals surface area contributed by atoms with E-state index >= 15 is 8.78 Å². The molecule has 0 bridgehead atoms. The highest BCUT2D eigenvalue weighted by atomic mass is 35.5. The number of fused-ring (bicyclic) bond motifs is 4. The van der Waals surface area contributed by atoms with Crippen LogP contribution in [0.25, 0.3) is 22.0 Å². The fourth-order valence-electron chi connectivity index (χ4n) is 8.18. The first-order valence-corrected chi connectivity index (χ1v) is 22.8. The predicted molar refractivity (Wildman–Crippen MR) is 219 cm³/mol. The summed E-state index contributed by atoms with van der Waals surface area (Å²) in [7, 11) is -4.03. The second-order valence-corrected chi connectivity index (χ2v) is 19.9. The maximum absolute atomic E-state index is 15.5. The molecule has 23 heteroatoms. The van der Waals surface area contributed by atoms with Gasteiger partial charge in [-0.25, -0.2) is 44.0 Å². The Morgan fingerprint density at radius 2 is 1.72 bits per heavy atom. The van der Waals surface area contributed by atoms with Crippen LogP contribution in [-0.4, -0.2) is 65.1 Å². The zero-order valence-corrected chi connectivity index (χ0v) is 35.9. The number of nitrogens with one attached hydrogen (secondary N) is 2. The van der Waals surface area contributed by atoms with Crippen LogP contribution in [0.5, 0.6) is 0 Å². The van der Waals surface area contributed by atoms with Crippen molar-refractivity contribution in [3.8, 4) is 23.0 Å². The third kappa shape index (κ3) is 9.08. The third-order valence-electron chi connectivity index (χ3n) is 11.1. The van der Waals surface area contributed by atoms with Crippen molar-refractivity contribution >= 4 is 55.3 Å². The van der Waals surface area contributed by atoms with E-state index in [1.807, 2.05) is 0 Å². The maximum Gasteiger partial charge on any atom is 0.293 e. The molecule has 64 heavy (non-hydrogen) atoms. The van der Waals surface area contributed by atoms with Crippen molar-refractivity contribution in [1.82, 2.24) is 29.9 Å². The quantitative estimate of drug-likeness (QED) is 0.0538. The lowest BCUT2D eigenvalue weighted by Gasteiger charge is -2.23. The lowest BCUT2D eigenvalue weighted by molar-refractivity contribution is -0.123. The minimum absolute atomic E-state index is 0.0312. The van der Waals surface area contributed by atoms with Gasteiger partial charge < -0.3 is 9.87 Å². The monoisotopic (exact) mass is 957 g/mol. The fourth-order valence-corrected chi connectivity index (χ4v) is 10.4. The van der Waals surface area contributed by atoms with E-state index in [1.54, 1.807) is 13.8 Å². The molecule has 0 aliphatic heterocycles. The molecule has 5 aromatic rings. The van der Waals surface area contributed by atoms with E-state index in [0.29, 0.717) is 23.6 Å². The van der Waals surface area contributed by atoms with Crippen LogP contribution in [0.4, 0.5) is 40.9 Å². The molecule has 340 valence electrons. The molecule has 2 saturated carbocycles. The van der Waals surface area contributed by atoms with Gasteiger partial charge in [-0.2, -0.15) is 19.0 Å². The number of carbonyl (C=O) groups excluding carboxylic acids is 1. The van der Waals surface area contributed by atoms with Gasteiger partial charge in [0, 0.05) is 34.1 Å². The lowest BCUT2D eigenvalue weighted by atomic mass is 9.93. The summed E-state index contributed by atoms with van der Waals surface area (Å²) in [6.45, 7) is 1.07. The normalized spacial score (nSPS) is 18.7. The lowest BCUT2D eigenvalue weighted by Crippen LogP contribution is -2.35. The highest BCUT2D eigenvalue weighted by molar-refractivity contribution is 7.93. The predicted octanol–water partition coefficient (Wildman–Crippen LogP) is 8.24. The topological polar surface area (TPSA) is 161 Å².